The van der Waals surface area contributed by atoms with E-state index >= 15 is 0 Å². The highest BCUT2D eigenvalue weighted by molar-refractivity contribution is 6.02. The lowest BCUT2D eigenvalue weighted by molar-refractivity contribution is -0.120. The van der Waals surface area contributed by atoms with Crippen molar-refractivity contribution in [3.8, 4) is 0 Å². The first-order valence-electron chi connectivity index (χ1n) is 8.54. The average Bonchev–Trinajstić information content (AvgIpc) is 2.56. The lowest BCUT2D eigenvalue weighted by Gasteiger charge is -2.25. The summed E-state index contributed by atoms with van der Waals surface area (Å²) in [6, 6.07) is 13.6. The number of anilines is 2. The van der Waals surface area contributed by atoms with Gasteiger partial charge < -0.3 is 10.2 Å². The standard InChI is InChI=1S/C21H26N2O2/c1-14(2)18-11-6-7-12-19(18)23(17(5)24)13-20(25)22-21-15(3)9-8-10-16(21)4/h6-12,14H,13H2,1-5H3,(H,22,25). The Labute approximate surface area is 149 Å². The van der Waals surface area contributed by atoms with Crippen LogP contribution >= 0.6 is 0 Å². The van der Waals surface area contributed by atoms with Crippen LogP contribution < -0.4 is 10.2 Å². The summed E-state index contributed by atoms with van der Waals surface area (Å²) >= 11 is 0. The van der Waals surface area contributed by atoms with Gasteiger partial charge in [-0.15, -0.1) is 0 Å². The predicted octanol–water partition coefficient (Wildman–Crippen LogP) is 4.42. The molecule has 2 aromatic rings. The summed E-state index contributed by atoms with van der Waals surface area (Å²) in [7, 11) is 0. The maximum absolute atomic E-state index is 12.6. The topological polar surface area (TPSA) is 49.4 Å². The Bertz CT molecular complexity index is 761. The van der Waals surface area contributed by atoms with Gasteiger partial charge in [-0.05, 0) is 42.5 Å². The highest BCUT2D eigenvalue weighted by Crippen LogP contribution is 2.27. The summed E-state index contributed by atoms with van der Waals surface area (Å²) < 4.78 is 0. The number of aryl methyl sites for hydroxylation is 2. The third kappa shape index (κ3) is 4.47. The molecule has 0 aliphatic rings. The van der Waals surface area contributed by atoms with Crippen LogP contribution in [0.1, 0.15) is 43.4 Å². The molecule has 132 valence electrons. The van der Waals surface area contributed by atoms with E-state index in [-0.39, 0.29) is 24.3 Å². The van der Waals surface area contributed by atoms with Gasteiger partial charge in [-0.3, -0.25) is 9.59 Å². The van der Waals surface area contributed by atoms with Gasteiger partial charge in [-0.25, -0.2) is 0 Å². The summed E-state index contributed by atoms with van der Waals surface area (Å²) in [4.78, 5) is 26.3. The van der Waals surface area contributed by atoms with Crippen LogP contribution in [0.25, 0.3) is 0 Å². The number of carbonyl (C=O) groups is 2. The molecule has 4 heteroatoms. The minimum Gasteiger partial charge on any atom is -0.324 e. The average molecular weight is 338 g/mol. The Kier molecular flexibility index (Phi) is 5.97. The molecule has 0 aromatic heterocycles. The fraction of sp³-hybridized carbons (Fsp3) is 0.333. The van der Waals surface area contributed by atoms with Crippen molar-refractivity contribution in [1.29, 1.82) is 0 Å². The fourth-order valence-electron chi connectivity index (χ4n) is 2.92. The van der Waals surface area contributed by atoms with Crippen molar-refractivity contribution < 1.29 is 9.59 Å². The van der Waals surface area contributed by atoms with Gasteiger partial charge in [0, 0.05) is 18.3 Å². The van der Waals surface area contributed by atoms with E-state index in [1.54, 1.807) is 0 Å². The molecule has 4 nitrogen and oxygen atoms in total. The van der Waals surface area contributed by atoms with Crippen molar-refractivity contribution in [2.24, 2.45) is 0 Å². The number of rotatable bonds is 5. The molecular weight excluding hydrogens is 312 g/mol. The molecule has 0 aliphatic carbocycles. The third-order valence-corrected chi connectivity index (χ3v) is 4.28. The zero-order chi connectivity index (χ0) is 18.6. The predicted molar refractivity (Wildman–Crippen MR) is 103 cm³/mol. The van der Waals surface area contributed by atoms with Gasteiger partial charge in [0.1, 0.15) is 6.54 Å². The van der Waals surface area contributed by atoms with Crippen LogP contribution in [0, 0.1) is 13.8 Å². The van der Waals surface area contributed by atoms with E-state index < -0.39 is 0 Å². The van der Waals surface area contributed by atoms with Crippen molar-refractivity contribution in [2.45, 2.75) is 40.5 Å². The summed E-state index contributed by atoms with van der Waals surface area (Å²) in [5.41, 5.74) is 4.67. The normalized spacial score (nSPS) is 10.6. The molecule has 0 atom stereocenters. The van der Waals surface area contributed by atoms with Crippen LogP contribution in [0.15, 0.2) is 42.5 Å². The molecule has 0 unspecified atom stereocenters. The number of hydrogen-bond acceptors (Lipinski definition) is 2. The Morgan fingerprint density at radius 2 is 1.60 bits per heavy atom. The fourth-order valence-corrected chi connectivity index (χ4v) is 2.92. The van der Waals surface area contributed by atoms with Crippen LogP contribution in [0.4, 0.5) is 11.4 Å². The van der Waals surface area contributed by atoms with Gasteiger partial charge in [0.2, 0.25) is 11.8 Å². The second kappa shape index (κ2) is 7.97. The first-order valence-corrected chi connectivity index (χ1v) is 8.54. The maximum Gasteiger partial charge on any atom is 0.244 e. The monoisotopic (exact) mass is 338 g/mol. The van der Waals surface area contributed by atoms with Crippen molar-refractivity contribution >= 4 is 23.2 Å². The molecule has 0 spiro atoms. The van der Waals surface area contributed by atoms with E-state index in [2.05, 4.69) is 19.2 Å². The summed E-state index contributed by atoms with van der Waals surface area (Å²) in [6.45, 7) is 9.55. The minimum atomic E-state index is -0.203. The van der Waals surface area contributed by atoms with E-state index in [1.807, 2.05) is 56.3 Å². The van der Waals surface area contributed by atoms with Crippen LogP contribution in [-0.2, 0) is 9.59 Å². The van der Waals surface area contributed by atoms with Crippen LogP contribution in [0.5, 0.6) is 0 Å². The second-order valence-corrected chi connectivity index (χ2v) is 6.63. The molecule has 0 saturated heterocycles. The Morgan fingerprint density at radius 1 is 1.00 bits per heavy atom. The van der Waals surface area contributed by atoms with Crippen molar-refractivity contribution in [3.63, 3.8) is 0 Å². The van der Waals surface area contributed by atoms with E-state index in [9.17, 15) is 9.59 Å². The van der Waals surface area contributed by atoms with E-state index in [0.717, 1.165) is 28.1 Å². The van der Waals surface area contributed by atoms with Crippen molar-refractivity contribution in [3.05, 3.63) is 59.2 Å². The molecule has 2 rings (SSSR count). The number of amides is 2. The largest absolute Gasteiger partial charge is 0.324 e. The lowest BCUT2D eigenvalue weighted by atomic mass is 10.0. The quantitative estimate of drug-likeness (QED) is 0.877. The highest BCUT2D eigenvalue weighted by Gasteiger charge is 2.20. The van der Waals surface area contributed by atoms with E-state index in [1.165, 1.54) is 11.8 Å². The van der Waals surface area contributed by atoms with Crippen LogP contribution in [0.2, 0.25) is 0 Å². The smallest absolute Gasteiger partial charge is 0.244 e. The first-order chi connectivity index (χ1) is 11.8. The van der Waals surface area contributed by atoms with Crippen molar-refractivity contribution in [1.82, 2.24) is 0 Å². The SMILES string of the molecule is CC(=O)N(CC(=O)Nc1c(C)cccc1C)c1ccccc1C(C)C. The van der Waals surface area contributed by atoms with Gasteiger partial charge in [-0.1, -0.05) is 50.2 Å². The summed E-state index contributed by atoms with van der Waals surface area (Å²) in [6.07, 6.45) is 0. The van der Waals surface area contributed by atoms with Crippen LogP contribution in [-0.4, -0.2) is 18.4 Å². The van der Waals surface area contributed by atoms with E-state index in [0.29, 0.717) is 0 Å². The Hall–Kier alpha value is -2.62. The molecule has 1 N–H and O–H groups in total. The number of carbonyl (C=O) groups excluding carboxylic acids is 2. The molecule has 0 aliphatic heterocycles. The molecule has 2 aromatic carbocycles. The summed E-state index contributed by atoms with van der Waals surface area (Å²) in [5.74, 6) is -0.0874. The van der Waals surface area contributed by atoms with Crippen LogP contribution in [0.3, 0.4) is 0 Å². The number of para-hydroxylation sites is 2. The lowest BCUT2D eigenvalue weighted by Crippen LogP contribution is -2.37. The Morgan fingerprint density at radius 3 is 2.16 bits per heavy atom. The highest BCUT2D eigenvalue weighted by atomic mass is 16.2. The third-order valence-electron chi connectivity index (χ3n) is 4.28. The molecule has 0 radical (unpaired) electrons. The van der Waals surface area contributed by atoms with Gasteiger partial charge >= 0.3 is 0 Å². The number of hydrogen-bond donors (Lipinski definition) is 1. The van der Waals surface area contributed by atoms with Gasteiger partial charge in [-0.2, -0.15) is 0 Å². The first kappa shape index (κ1) is 18.7. The number of nitrogens with one attached hydrogen (secondary N) is 1. The molecule has 0 fully saturated rings. The number of benzene rings is 2. The summed E-state index contributed by atoms with van der Waals surface area (Å²) in [5, 5.41) is 2.95. The minimum absolute atomic E-state index is 0.00710. The molecular formula is C21H26N2O2. The molecule has 0 bridgehead atoms. The zero-order valence-electron chi connectivity index (χ0n) is 15.6. The van der Waals surface area contributed by atoms with E-state index in [4.69, 9.17) is 0 Å². The molecule has 25 heavy (non-hydrogen) atoms. The van der Waals surface area contributed by atoms with Crippen molar-refractivity contribution in [2.75, 3.05) is 16.8 Å². The zero-order valence-corrected chi connectivity index (χ0v) is 15.6. The van der Waals surface area contributed by atoms with Gasteiger partial charge in [0.15, 0.2) is 0 Å². The van der Waals surface area contributed by atoms with Gasteiger partial charge in [0.05, 0.1) is 0 Å². The maximum atomic E-state index is 12.6. The van der Waals surface area contributed by atoms with Gasteiger partial charge in [0.25, 0.3) is 0 Å². The molecule has 0 saturated carbocycles. The molecule has 2 amide bonds. The second-order valence-electron chi connectivity index (χ2n) is 6.63. The Balaban J connectivity index is 2.26. The molecule has 0 heterocycles. The number of nitrogens with zero attached hydrogens (tertiary/aromatic N) is 1.